The van der Waals surface area contributed by atoms with Crippen molar-refractivity contribution < 1.29 is 44.3 Å². The zero-order chi connectivity index (χ0) is 39.5. The van der Waals surface area contributed by atoms with Crippen molar-refractivity contribution >= 4 is 61.9 Å². The summed E-state index contributed by atoms with van der Waals surface area (Å²) in [6.45, 7) is 2.29. The minimum Gasteiger partial charge on any atom is -0.370 e. The highest BCUT2D eigenvalue weighted by Gasteiger charge is 2.34. The maximum Gasteiger partial charge on any atom is 0.416 e. The van der Waals surface area contributed by atoms with Crippen molar-refractivity contribution in [1.82, 2.24) is 0 Å². The van der Waals surface area contributed by atoms with E-state index in [1.54, 1.807) is 0 Å². The third-order valence-corrected chi connectivity index (χ3v) is 11.3. The number of hydrogen-bond acceptors (Lipinski definition) is 6. The standard InChI is InChI=1S/C38H36ClF6N5O4S/c39-28-14-11-24(35(51)46-30-22-25(37(40,41)42)12-15-32(30)49-17-5-1-6-18-49)21-34(28)55(53,54)48-29-10-4-3-9-27(29)36(52)47-31-23-26(38(43,44)45)13-16-33(31)50-19-7-2-8-20-50/h3-4,9-16,21-23,48H,1-2,5-8,17-20H2,(H,46,51)(H,47,52). The molecule has 0 saturated carbocycles. The van der Waals surface area contributed by atoms with Crippen molar-refractivity contribution in [3.8, 4) is 0 Å². The number of carbonyl (C=O) groups is 2. The molecule has 0 unspecified atom stereocenters. The first-order chi connectivity index (χ1) is 26.0. The Bertz CT molecular complexity index is 2190. The lowest BCUT2D eigenvalue weighted by molar-refractivity contribution is -0.138. The van der Waals surface area contributed by atoms with Crippen molar-refractivity contribution in [2.24, 2.45) is 0 Å². The van der Waals surface area contributed by atoms with Crippen molar-refractivity contribution in [1.29, 1.82) is 0 Å². The highest BCUT2D eigenvalue weighted by Crippen LogP contribution is 2.39. The molecule has 2 fully saturated rings. The van der Waals surface area contributed by atoms with Gasteiger partial charge in [-0.25, -0.2) is 8.42 Å². The van der Waals surface area contributed by atoms with E-state index in [0.717, 1.165) is 74.9 Å². The van der Waals surface area contributed by atoms with Crippen LogP contribution in [0.4, 0.5) is 54.8 Å². The lowest BCUT2D eigenvalue weighted by Crippen LogP contribution is -2.30. The molecule has 6 rings (SSSR count). The van der Waals surface area contributed by atoms with Gasteiger partial charge in [-0.1, -0.05) is 23.7 Å². The molecular formula is C38H36ClF6N5O4S. The molecule has 4 aromatic carbocycles. The van der Waals surface area contributed by atoms with Gasteiger partial charge in [0.05, 0.1) is 50.1 Å². The predicted octanol–water partition coefficient (Wildman–Crippen LogP) is 9.66. The number of carbonyl (C=O) groups excluding carboxylic acids is 2. The SMILES string of the molecule is O=C(Nc1cc(C(F)(F)F)ccc1N1CCCCC1)c1ccc(Cl)c(S(=O)(=O)Nc2ccccc2C(=O)Nc2cc(C(F)(F)F)ccc2N2CCCCC2)c1. The Morgan fingerprint density at radius 2 is 1.09 bits per heavy atom. The molecule has 55 heavy (non-hydrogen) atoms. The lowest BCUT2D eigenvalue weighted by atomic mass is 10.1. The van der Waals surface area contributed by atoms with E-state index in [1.165, 1.54) is 42.5 Å². The van der Waals surface area contributed by atoms with Crippen LogP contribution in [0.2, 0.25) is 5.02 Å². The third-order valence-electron chi connectivity index (χ3n) is 9.44. The van der Waals surface area contributed by atoms with E-state index in [-0.39, 0.29) is 33.2 Å². The van der Waals surface area contributed by atoms with Gasteiger partial charge in [0.25, 0.3) is 21.8 Å². The van der Waals surface area contributed by atoms with Gasteiger partial charge in [0.15, 0.2) is 0 Å². The summed E-state index contributed by atoms with van der Waals surface area (Å²) in [7, 11) is -4.66. The Morgan fingerprint density at radius 3 is 1.60 bits per heavy atom. The van der Waals surface area contributed by atoms with Crippen LogP contribution < -0.4 is 25.2 Å². The van der Waals surface area contributed by atoms with Gasteiger partial charge in [0, 0.05) is 31.7 Å². The number of anilines is 5. The fourth-order valence-corrected chi connectivity index (χ4v) is 8.26. The van der Waals surface area contributed by atoms with Gasteiger partial charge < -0.3 is 20.4 Å². The molecule has 0 spiro atoms. The van der Waals surface area contributed by atoms with Gasteiger partial charge in [-0.15, -0.1) is 0 Å². The number of hydrogen-bond donors (Lipinski definition) is 3. The molecule has 2 heterocycles. The summed E-state index contributed by atoms with van der Waals surface area (Å²) in [5, 5.41) is 4.73. The summed E-state index contributed by atoms with van der Waals surface area (Å²) >= 11 is 6.30. The first-order valence-electron chi connectivity index (χ1n) is 17.5. The second-order valence-corrected chi connectivity index (χ2v) is 15.3. The van der Waals surface area contributed by atoms with Crippen LogP contribution in [0.5, 0.6) is 0 Å². The minimum atomic E-state index is -4.69. The zero-order valence-corrected chi connectivity index (χ0v) is 30.7. The molecule has 2 aliphatic heterocycles. The van der Waals surface area contributed by atoms with Crippen molar-refractivity contribution in [2.45, 2.75) is 55.8 Å². The Morgan fingerprint density at radius 1 is 0.600 bits per heavy atom. The topological polar surface area (TPSA) is 111 Å². The van der Waals surface area contributed by atoms with Gasteiger partial charge in [-0.3, -0.25) is 14.3 Å². The molecule has 2 saturated heterocycles. The quantitative estimate of drug-likeness (QED) is 0.145. The Balaban J connectivity index is 1.27. The average molecular weight is 808 g/mol. The Hall–Kier alpha value is -4.96. The van der Waals surface area contributed by atoms with Gasteiger partial charge in [0.2, 0.25) is 0 Å². The number of benzene rings is 4. The van der Waals surface area contributed by atoms with Crippen molar-refractivity contribution in [3.63, 3.8) is 0 Å². The molecule has 17 heteroatoms. The van der Waals surface area contributed by atoms with Crippen LogP contribution in [-0.4, -0.2) is 46.4 Å². The number of piperidine rings is 2. The fraction of sp³-hybridized carbons (Fsp3) is 0.316. The first kappa shape index (κ1) is 39.7. The molecule has 2 amide bonds. The molecule has 0 radical (unpaired) electrons. The number of amides is 2. The molecule has 2 aliphatic rings. The molecule has 0 aromatic heterocycles. The fourth-order valence-electron chi connectivity index (χ4n) is 6.65. The van der Waals surface area contributed by atoms with Crippen LogP contribution in [0.3, 0.4) is 0 Å². The monoisotopic (exact) mass is 807 g/mol. The van der Waals surface area contributed by atoms with Gasteiger partial charge >= 0.3 is 12.4 Å². The normalized spacial score (nSPS) is 15.4. The largest absolute Gasteiger partial charge is 0.416 e. The number of alkyl halides is 6. The van der Waals surface area contributed by atoms with E-state index < -0.39 is 50.2 Å². The second kappa shape index (κ2) is 16.0. The number of rotatable bonds is 9. The molecule has 0 bridgehead atoms. The highest BCUT2D eigenvalue weighted by atomic mass is 35.5. The summed E-state index contributed by atoms with van der Waals surface area (Å²) in [5.74, 6) is -1.81. The summed E-state index contributed by atoms with van der Waals surface area (Å²) in [5.41, 5.74) is -2.12. The third kappa shape index (κ3) is 9.30. The number of nitrogens with one attached hydrogen (secondary N) is 3. The summed E-state index contributed by atoms with van der Waals surface area (Å²) < 4.78 is 112. The zero-order valence-electron chi connectivity index (χ0n) is 29.2. The van der Waals surface area contributed by atoms with Crippen LogP contribution in [-0.2, 0) is 22.4 Å². The maximum absolute atomic E-state index is 13.8. The van der Waals surface area contributed by atoms with E-state index >= 15 is 0 Å². The summed E-state index contributed by atoms with van der Waals surface area (Å²) in [4.78, 5) is 30.3. The van der Waals surface area contributed by atoms with Crippen molar-refractivity contribution in [2.75, 3.05) is 51.3 Å². The van der Waals surface area contributed by atoms with E-state index in [4.69, 9.17) is 11.6 Å². The lowest BCUT2D eigenvalue weighted by Gasteiger charge is -2.31. The molecule has 0 atom stereocenters. The maximum atomic E-state index is 13.8. The number of para-hydroxylation sites is 1. The number of nitrogens with zero attached hydrogens (tertiary/aromatic N) is 2. The number of sulfonamides is 1. The van der Waals surface area contributed by atoms with Gasteiger partial charge in [-0.05, 0) is 105 Å². The van der Waals surface area contributed by atoms with E-state index in [1.807, 2.05) is 9.80 Å². The smallest absolute Gasteiger partial charge is 0.370 e. The first-order valence-corrected chi connectivity index (χ1v) is 19.3. The Labute approximate surface area is 318 Å². The average Bonchev–Trinajstić information content (AvgIpc) is 3.15. The van der Waals surface area contributed by atoms with Gasteiger partial charge in [0.1, 0.15) is 4.90 Å². The van der Waals surface area contributed by atoms with E-state index in [2.05, 4.69) is 15.4 Å². The van der Waals surface area contributed by atoms with Crippen LogP contribution in [0, 0.1) is 0 Å². The second-order valence-electron chi connectivity index (χ2n) is 13.3. The van der Waals surface area contributed by atoms with Gasteiger partial charge in [-0.2, -0.15) is 26.3 Å². The predicted molar refractivity (Wildman–Crippen MR) is 200 cm³/mol. The van der Waals surface area contributed by atoms with Crippen LogP contribution in [0.25, 0.3) is 0 Å². The van der Waals surface area contributed by atoms with Crippen LogP contribution in [0.15, 0.2) is 83.8 Å². The van der Waals surface area contributed by atoms with Crippen LogP contribution >= 0.6 is 11.6 Å². The summed E-state index contributed by atoms with van der Waals surface area (Å²) in [6.07, 6.45) is -4.21. The minimum absolute atomic E-state index is 0.106. The Kier molecular flexibility index (Phi) is 11.6. The van der Waals surface area contributed by atoms with Crippen LogP contribution in [0.1, 0.15) is 70.4 Å². The van der Waals surface area contributed by atoms with E-state index in [9.17, 15) is 44.3 Å². The van der Waals surface area contributed by atoms with Crippen molar-refractivity contribution in [3.05, 3.63) is 106 Å². The molecule has 0 aliphatic carbocycles. The highest BCUT2D eigenvalue weighted by molar-refractivity contribution is 7.92. The molecule has 292 valence electrons. The molecule has 3 N–H and O–H groups in total. The molecule has 9 nitrogen and oxygen atoms in total. The molecule has 4 aromatic rings. The number of halogens is 7. The molecular weight excluding hydrogens is 772 g/mol. The van der Waals surface area contributed by atoms with E-state index in [0.29, 0.717) is 37.6 Å². The summed E-state index contributed by atoms with van der Waals surface area (Å²) in [6, 6.07) is 14.8.